The lowest BCUT2D eigenvalue weighted by Crippen LogP contribution is -2.32. The quantitative estimate of drug-likeness (QED) is 0.665. The molecule has 150 valence electrons. The van der Waals surface area contributed by atoms with E-state index in [1.165, 1.54) is 5.56 Å². The van der Waals surface area contributed by atoms with Crippen molar-refractivity contribution < 1.29 is 19.1 Å². The summed E-state index contributed by atoms with van der Waals surface area (Å²) in [4.78, 5) is 23.8. The van der Waals surface area contributed by atoms with Crippen LogP contribution in [0.3, 0.4) is 0 Å². The average Bonchev–Trinajstić information content (AvgIpc) is 2.65. The zero-order chi connectivity index (χ0) is 20.5. The normalized spacial score (nSPS) is 11.8. The van der Waals surface area contributed by atoms with Gasteiger partial charge in [-0.05, 0) is 48.9 Å². The summed E-state index contributed by atoms with van der Waals surface area (Å²) in [5.41, 5.74) is 3.22. The van der Waals surface area contributed by atoms with Crippen LogP contribution in [-0.4, -0.2) is 25.1 Å². The van der Waals surface area contributed by atoms with Crippen molar-refractivity contribution in [2.24, 2.45) is 5.92 Å². The first-order valence-electron chi connectivity index (χ1n) is 9.57. The standard InChI is InChI=1S/C23H29NO4/c1-16(2)13-19-9-11-20(12-10-19)18(4)24-22(25)14-28-23(26)15-27-21-8-6-5-7-17(21)3/h5-12,16,18H,13-15H2,1-4H3,(H,24,25)/t18-/m0/s1. The molecule has 0 fully saturated rings. The molecular weight excluding hydrogens is 354 g/mol. The zero-order valence-electron chi connectivity index (χ0n) is 17.0. The van der Waals surface area contributed by atoms with Crippen molar-refractivity contribution in [2.75, 3.05) is 13.2 Å². The largest absolute Gasteiger partial charge is 0.482 e. The molecule has 0 radical (unpaired) electrons. The molecule has 0 spiro atoms. The molecule has 28 heavy (non-hydrogen) atoms. The number of benzene rings is 2. The fraction of sp³-hybridized carbons (Fsp3) is 0.391. The monoisotopic (exact) mass is 383 g/mol. The summed E-state index contributed by atoms with van der Waals surface area (Å²) >= 11 is 0. The fourth-order valence-electron chi connectivity index (χ4n) is 2.82. The number of rotatable bonds is 9. The predicted molar refractivity (Wildman–Crippen MR) is 109 cm³/mol. The molecule has 0 aromatic heterocycles. The van der Waals surface area contributed by atoms with E-state index in [2.05, 4.69) is 31.3 Å². The minimum absolute atomic E-state index is 0.164. The number of carbonyl (C=O) groups is 2. The number of hydrogen-bond donors (Lipinski definition) is 1. The molecular formula is C23H29NO4. The summed E-state index contributed by atoms with van der Waals surface area (Å²) in [7, 11) is 0. The third-order valence-electron chi connectivity index (χ3n) is 4.30. The first-order chi connectivity index (χ1) is 13.3. The van der Waals surface area contributed by atoms with E-state index in [1.54, 1.807) is 6.07 Å². The van der Waals surface area contributed by atoms with Crippen molar-refractivity contribution in [2.45, 2.75) is 40.2 Å². The molecule has 0 unspecified atom stereocenters. The van der Waals surface area contributed by atoms with Crippen molar-refractivity contribution in [3.63, 3.8) is 0 Å². The molecule has 0 aliphatic heterocycles. The van der Waals surface area contributed by atoms with Crippen LogP contribution in [0.25, 0.3) is 0 Å². The van der Waals surface area contributed by atoms with Crippen LogP contribution < -0.4 is 10.1 Å². The van der Waals surface area contributed by atoms with Gasteiger partial charge in [0.15, 0.2) is 13.2 Å². The van der Waals surface area contributed by atoms with Gasteiger partial charge in [-0.15, -0.1) is 0 Å². The third-order valence-corrected chi connectivity index (χ3v) is 4.30. The average molecular weight is 383 g/mol. The minimum atomic E-state index is -0.580. The number of aryl methyl sites for hydroxylation is 1. The topological polar surface area (TPSA) is 64.6 Å². The molecule has 2 rings (SSSR count). The van der Waals surface area contributed by atoms with Gasteiger partial charge >= 0.3 is 5.97 Å². The van der Waals surface area contributed by atoms with Gasteiger partial charge in [0.05, 0.1) is 6.04 Å². The van der Waals surface area contributed by atoms with Crippen LogP contribution in [0, 0.1) is 12.8 Å². The van der Waals surface area contributed by atoms with Crippen LogP contribution in [0.1, 0.15) is 43.5 Å². The number of para-hydroxylation sites is 1. The second-order valence-corrected chi connectivity index (χ2v) is 7.34. The lowest BCUT2D eigenvalue weighted by atomic mass is 10.00. The van der Waals surface area contributed by atoms with Crippen LogP contribution >= 0.6 is 0 Å². The van der Waals surface area contributed by atoms with Gasteiger partial charge in [-0.3, -0.25) is 4.79 Å². The molecule has 1 atom stereocenters. The van der Waals surface area contributed by atoms with Crippen molar-refractivity contribution in [3.05, 3.63) is 65.2 Å². The molecule has 5 heteroatoms. The SMILES string of the molecule is Cc1ccccc1OCC(=O)OCC(=O)N[C@@H](C)c1ccc(CC(C)C)cc1. The van der Waals surface area contributed by atoms with Crippen molar-refractivity contribution >= 4 is 11.9 Å². The van der Waals surface area contributed by atoms with Crippen LogP contribution in [-0.2, 0) is 20.7 Å². The zero-order valence-corrected chi connectivity index (χ0v) is 17.0. The first kappa shape index (κ1) is 21.5. The van der Waals surface area contributed by atoms with Gasteiger partial charge in [-0.25, -0.2) is 4.79 Å². The second-order valence-electron chi connectivity index (χ2n) is 7.34. The summed E-state index contributed by atoms with van der Waals surface area (Å²) in [6, 6.07) is 15.4. The highest BCUT2D eigenvalue weighted by Gasteiger charge is 2.13. The Morgan fingerprint density at radius 3 is 2.29 bits per heavy atom. The van der Waals surface area contributed by atoms with Gasteiger partial charge in [0, 0.05) is 0 Å². The lowest BCUT2D eigenvalue weighted by Gasteiger charge is -2.15. The molecule has 2 aromatic rings. The molecule has 2 aromatic carbocycles. The molecule has 1 amide bonds. The Labute approximate surface area is 167 Å². The summed E-state index contributed by atoms with van der Waals surface area (Å²) < 4.78 is 10.4. The van der Waals surface area contributed by atoms with Crippen LogP contribution in [0.15, 0.2) is 48.5 Å². The van der Waals surface area contributed by atoms with Crippen molar-refractivity contribution in [1.29, 1.82) is 0 Å². The minimum Gasteiger partial charge on any atom is -0.482 e. The third kappa shape index (κ3) is 7.06. The summed E-state index contributed by atoms with van der Waals surface area (Å²) in [6.07, 6.45) is 1.03. The van der Waals surface area contributed by atoms with Gasteiger partial charge in [-0.1, -0.05) is 56.3 Å². The van der Waals surface area contributed by atoms with E-state index in [9.17, 15) is 9.59 Å². The molecule has 0 saturated heterocycles. The van der Waals surface area contributed by atoms with Crippen molar-refractivity contribution in [3.8, 4) is 5.75 Å². The Bertz CT molecular complexity index is 783. The number of nitrogens with one attached hydrogen (secondary N) is 1. The Morgan fingerprint density at radius 2 is 1.64 bits per heavy atom. The van der Waals surface area contributed by atoms with E-state index < -0.39 is 5.97 Å². The van der Waals surface area contributed by atoms with Gasteiger partial charge in [0.2, 0.25) is 0 Å². The van der Waals surface area contributed by atoms with Gasteiger partial charge < -0.3 is 14.8 Å². The molecule has 0 aliphatic rings. The Hall–Kier alpha value is -2.82. The van der Waals surface area contributed by atoms with Gasteiger partial charge in [-0.2, -0.15) is 0 Å². The second kappa shape index (κ2) is 10.5. The van der Waals surface area contributed by atoms with E-state index in [4.69, 9.17) is 9.47 Å². The lowest BCUT2D eigenvalue weighted by molar-refractivity contribution is -0.150. The van der Waals surface area contributed by atoms with E-state index in [0.717, 1.165) is 17.5 Å². The summed E-state index contributed by atoms with van der Waals surface area (Å²) in [5, 5.41) is 2.84. The van der Waals surface area contributed by atoms with Crippen LogP contribution in [0.5, 0.6) is 5.75 Å². The van der Waals surface area contributed by atoms with Gasteiger partial charge in [0.1, 0.15) is 5.75 Å². The number of carbonyl (C=O) groups excluding carboxylic acids is 2. The first-order valence-corrected chi connectivity index (χ1v) is 9.57. The van der Waals surface area contributed by atoms with Crippen LogP contribution in [0.2, 0.25) is 0 Å². The molecule has 0 heterocycles. The number of ether oxygens (including phenoxy) is 2. The fourth-order valence-corrected chi connectivity index (χ4v) is 2.82. The van der Waals surface area contributed by atoms with E-state index in [0.29, 0.717) is 11.7 Å². The molecule has 0 bridgehead atoms. The van der Waals surface area contributed by atoms with E-state index in [-0.39, 0.29) is 25.2 Å². The number of amides is 1. The number of esters is 1. The van der Waals surface area contributed by atoms with E-state index in [1.807, 2.05) is 44.2 Å². The highest BCUT2D eigenvalue weighted by molar-refractivity contribution is 5.81. The summed E-state index contributed by atoms with van der Waals surface area (Å²) in [6.45, 7) is 7.61. The maximum atomic E-state index is 12.0. The maximum absolute atomic E-state index is 12.0. The molecule has 5 nitrogen and oxygen atoms in total. The smallest absolute Gasteiger partial charge is 0.344 e. The highest BCUT2D eigenvalue weighted by atomic mass is 16.6. The number of hydrogen-bond acceptors (Lipinski definition) is 4. The maximum Gasteiger partial charge on any atom is 0.344 e. The van der Waals surface area contributed by atoms with Gasteiger partial charge in [0.25, 0.3) is 5.91 Å². The Morgan fingerprint density at radius 1 is 0.964 bits per heavy atom. The highest BCUT2D eigenvalue weighted by Crippen LogP contribution is 2.16. The molecule has 1 N–H and O–H groups in total. The summed E-state index contributed by atoms with van der Waals surface area (Å²) in [5.74, 6) is 0.304. The van der Waals surface area contributed by atoms with Crippen LogP contribution in [0.4, 0.5) is 0 Å². The Balaban J connectivity index is 1.73. The Kier molecular flexibility index (Phi) is 8.05. The predicted octanol–water partition coefficient (Wildman–Crippen LogP) is 3.99. The van der Waals surface area contributed by atoms with E-state index >= 15 is 0 Å². The molecule has 0 aliphatic carbocycles. The molecule has 0 saturated carbocycles. The van der Waals surface area contributed by atoms with Crippen molar-refractivity contribution in [1.82, 2.24) is 5.32 Å².